The second kappa shape index (κ2) is 6.26. The van der Waals surface area contributed by atoms with Crippen molar-refractivity contribution < 1.29 is 34.4 Å². The first-order chi connectivity index (χ1) is 8.79. The molecule has 0 aromatic rings. The van der Waals surface area contributed by atoms with E-state index in [0.29, 0.717) is 0 Å². The van der Waals surface area contributed by atoms with Crippen molar-refractivity contribution in [3.8, 4) is 0 Å². The van der Waals surface area contributed by atoms with E-state index in [4.69, 9.17) is 20.9 Å². The Labute approximate surface area is 109 Å². The lowest BCUT2D eigenvalue weighted by molar-refractivity contribution is -0.298. The molecule has 1 saturated heterocycles. The van der Waals surface area contributed by atoms with Crippen LogP contribution in [0.25, 0.3) is 0 Å². The van der Waals surface area contributed by atoms with E-state index in [1.165, 1.54) is 0 Å². The van der Waals surface area contributed by atoms with Gasteiger partial charge in [-0.15, -0.1) is 0 Å². The minimum Gasteiger partial charge on any atom is -0.387 e. The van der Waals surface area contributed by atoms with Crippen LogP contribution < -0.4 is 11.5 Å². The first kappa shape index (κ1) is 15.8. The third kappa shape index (κ3) is 3.39. The summed E-state index contributed by atoms with van der Waals surface area (Å²) < 4.78 is 10.0. The predicted octanol–water partition coefficient (Wildman–Crippen LogP) is -3.44. The molecule has 0 radical (unpaired) electrons. The Kier molecular flexibility index (Phi) is 5.20. The maximum atomic E-state index is 11.0. The number of carbonyl (C=O) groups is 2. The van der Waals surface area contributed by atoms with Crippen LogP contribution in [0.2, 0.25) is 0 Å². The Bertz CT molecular complexity index is 349. The zero-order valence-electron chi connectivity index (χ0n) is 10.3. The fourth-order valence-corrected chi connectivity index (χ4v) is 1.72. The number of aliphatic hydroxyl groups excluding tert-OH is 3. The molecule has 0 saturated carbocycles. The first-order valence-electron chi connectivity index (χ1n) is 5.73. The Hall–Kier alpha value is -1.26. The van der Waals surface area contributed by atoms with Gasteiger partial charge in [-0.2, -0.15) is 0 Å². The second-order valence-electron chi connectivity index (χ2n) is 4.23. The van der Waals surface area contributed by atoms with Crippen molar-refractivity contribution >= 4 is 11.8 Å². The van der Waals surface area contributed by atoms with Crippen molar-refractivity contribution in [3.05, 3.63) is 0 Å². The number of hydrogen-bond donors (Lipinski definition) is 5. The van der Waals surface area contributed by atoms with Gasteiger partial charge in [0.05, 0.1) is 0 Å². The summed E-state index contributed by atoms with van der Waals surface area (Å²) in [5, 5.41) is 28.8. The van der Waals surface area contributed by atoms with Crippen molar-refractivity contribution in [1.29, 1.82) is 0 Å². The van der Waals surface area contributed by atoms with Gasteiger partial charge in [0.2, 0.25) is 11.8 Å². The average molecular weight is 278 g/mol. The van der Waals surface area contributed by atoms with Gasteiger partial charge in [-0.1, -0.05) is 6.92 Å². The molecule has 2 amide bonds. The van der Waals surface area contributed by atoms with Gasteiger partial charge in [0.15, 0.2) is 12.4 Å². The van der Waals surface area contributed by atoms with E-state index in [0.717, 1.165) is 0 Å². The lowest BCUT2D eigenvalue weighted by Crippen LogP contribution is -2.62. The normalized spacial score (nSPS) is 36.7. The van der Waals surface area contributed by atoms with Gasteiger partial charge < -0.3 is 36.3 Å². The predicted molar refractivity (Wildman–Crippen MR) is 60.2 cm³/mol. The molecule has 1 rings (SSSR count). The largest absolute Gasteiger partial charge is 0.387 e. The molecule has 0 aliphatic carbocycles. The monoisotopic (exact) mass is 278 g/mol. The van der Waals surface area contributed by atoms with Crippen LogP contribution in [-0.2, 0) is 19.1 Å². The highest BCUT2D eigenvalue weighted by Gasteiger charge is 2.47. The molecule has 0 bridgehead atoms. The first-order valence-corrected chi connectivity index (χ1v) is 5.73. The Morgan fingerprint density at radius 2 is 1.79 bits per heavy atom. The van der Waals surface area contributed by atoms with Crippen molar-refractivity contribution in [3.63, 3.8) is 0 Å². The number of hydrogen-bond acceptors (Lipinski definition) is 7. The molecule has 110 valence electrons. The van der Waals surface area contributed by atoms with E-state index in [-0.39, 0.29) is 6.42 Å². The van der Waals surface area contributed by atoms with Crippen LogP contribution in [0.15, 0.2) is 0 Å². The topological polar surface area (TPSA) is 165 Å². The molecule has 1 aliphatic rings. The molecule has 9 nitrogen and oxygen atoms in total. The third-order valence-electron chi connectivity index (χ3n) is 2.84. The molecule has 7 N–H and O–H groups in total. The highest BCUT2D eigenvalue weighted by atomic mass is 16.7. The fourth-order valence-electron chi connectivity index (χ4n) is 1.72. The molecule has 1 heterocycles. The Balaban J connectivity index is 2.82. The number of ether oxygens (including phenoxy) is 2. The molecular formula is C10H18N2O7. The number of aliphatic hydroxyl groups is 3. The lowest BCUT2D eigenvalue weighted by Gasteiger charge is -2.39. The molecule has 0 aromatic heterocycles. The van der Waals surface area contributed by atoms with E-state index in [1.807, 2.05) is 0 Å². The minimum absolute atomic E-state index is 0.210. The van der Waals surface area contributed by atoms with Gasteiger partial charge in [0, 0.05) is 0 Å². The smallest absolute Gasteiger partial charge is 0.249 e. The van der Waals surface area contributed by atoms with Crippen molar-refractivity contribution in [1.82, 2.24) is 0 Å². The van der Waals surface area contributed by atoms with Crippen LogP contribution >= 0.6 is 0 Å². The quantitative estimate of drug-likeness (QED) is 0.349. The third-order valence-corrected chi connectivity index (χ3v) is 2.84. The van der Waals surface area contributed by atoms with Crippen LogP contribution in [0.1, 0.15) is 13.3 Å². The highest BCUT2D eigenvalue weighted by Crippen LogP contribution is 2.23. The Morgan fingerprint density at radius 3 is 2.21 bits per heavy atom. The summed E-state index contributed by atoms with van der Waals surface area (Å²) in [5.41, 5.74) is 10.0. The van der Waals surface area contributed by atoms with Crippen molar-refractivity contribution in [2.75, 3.05) is 0 Å². The summed E-state index contributed by atoms with van der Waals surface area (Å²) in [7, 11) is 0. The molecule has 19 heavy (non-hydrogen) atoms. The van der Waals surface area contributed by atoms with Crippen LogP contribution in [0.4, 0.5) is 0 Å². The number of rotatable bonds is 5. The second-order valence-corrected chi connectivity index (χ2v) is 4.23. The SMILES string of the molecule is CCC(OC1OC(C(N)=O)[C@@H](O)C(O)[C@H]1O)C(N)=O. The van der Waals surface area contributed by atoms with E-state index < -0.39 is 48.6 Å². The van der Waals surface area contributed by atoms with Gasteiger partial charge in [0.1, 0.15) is 24.4 Å². The van der Waals surface area contributed by atoms with Crippen LogP contribution in [0.5, 0.6) is 0 Å². The van der Waals surface area contributed by atoms with E-state index in [1.54, 1.807) is 6.92 Å². The number of nitrogens with two attached hydrogens (primary N) is 2. The van der Waals surface area contributed by atoms with Gasteiger partial charge in [0.25, 0.3) is 0 Å². The number of primary amides is 2. The molecular weight excluding hydrogens is 260 g/mol. The van der Waals surface area contributed by atoms with Gasteiger partial charge in [-0.3, -0.25) is 9.59 Å². The number of carbonyl (C=O) groups excluding carboxylic acids is 2. The Morgan fingerprint density at radius 1 is 1.21 bits per heavy atom. The minimum atomic E-state index is -1.69. The zero-order chi connectivity index (χ0) is 14.7. The molecule has 0 spiro atoms. The molecule has 6 atom stereocenters. The van der Waals surface area contributed by atoms with Crippen LogP contribution in [-0.4, -0.2) is 63.9 Å². The van der Waals surface area contributed by atoms with E-state index in [2.05, 4.69) is 0 Å². The molecule has 9 heteroatoms. The zero-order valence-corrected chi connectivity index (χ0v) is 10.3. The van der Waals surface area contributed by atoms with Gasteiger partial charge in [-0.25, -0.2) is 0 Å². The highest BCUT2D eigenvalue weighted by molar-refractivity contribution is 5.80. The van der Waals surface area contributed by atoms with Crippen LogP contribution in [0.3, 0.4) is 0 Å². The lowest BCUT2D eigenvalue weighted by atomic mass is 9.98. The standard InChI is InChI=1S/C10H18N2O7/c1-2-3(8(11)16)18-10-6(15)4(13)5(14)7(19-10)9(12)17/h3-7,10,13-15H,2H2,1H3,(H2,11,16)(H2,12,17)/t3?,4?,5-,6+,7?,10?/m0/s1. The van der Waals surface area contributed by atoms with Crippen molar-refractivity contribution in [2.24, 2.45) is 11.5 Å². The van der Waals surface area contributed by atoms with E-state index in [9.17, 15) is 24.9 Å². The summed E-state index contributed by atoms with van der Waals surface area (Å²) in [4.78, 5) is 22.1. The van der Waals surface area contributed by atoms with Crippen molar-refractivity contribution in [2.45, 2.75) is 50.2 Å². The van der Waals surface area contributed by atoms with Gasteiger partial charge in [-0.05, 0) is 6.42 Å². The molecule has 4 unspecified atom stereocenters. The average Bonchev–Trinajstić information content (AvgIpc) is 2.34. The molecule has 0 aromatic carbocycles. The molecule has 1 fully saturated rings. The summed E-state index contributed by atoms with van der Waals surface area (Å²) in [6, 6.07) is 0. The maximum absolute atomic E-state index is 11.0. The maximum Gasteiger partial charge on any atom is 0.249 e. The van der Waals surface area contributed by atoms with Crippen LogP contribution in [0, 0.1) is 0 Å². The van der Waals surface area contributed by atoms with E-state index >= 15 is 0 Å². The fraction of sp³-hybridized carbons (Fsp3) is 0.800. The summed E-state index contributed by atoms with van der Waals surface area (Å²) in [6.45, 7) is 1.61. The number of amides is 2. The molecule has 1 aliphatic heterocycles. The summed E-state index contributed by atoms with van der Waals surface area (Å²) in [6.07, 6.45) is -8.90. The summed E-state index contributed by atoms with van der Waals surface area (Å²) >= 11 is 0. The van der Waals surface area contributed by atoms with Gasteiger partial charge >= 0.3 is 0 Å². The summed E-state index contributed by atoms with van der Waals surface area (Å²) in [5.74, 6) is -1.81.